The van der Waals surface area contributed by atoms with Crippen LogP contribution in [-0.2, 0) is 4.74 Å². The van der Waals surface area contributed by atoms with Crippen molar-refractivity contribution in [2.24, 2.45) is 4.99 Å². The van der Waals surface area contributed by atoms with Crippen LogP contribution in [0.4, 0.5) is 0 Å². The number of hydrogen-bond acceptors (Lipinski definition) is 3. The molecule has 1 aliphatic heterocycles. The largest absolute Gasteiger partial charge is 0.472 e. The number of aliphatic hydroxyl groups excluding tert-OH is 1. The normalized spacial score (nSPS) is 21.4. The second kappa shape index (κ2) is 4.94. The van der Waals surface area contributed by atoms with Gasteiger partial charge in [-0.2, -0.15) is 0 Å². The highest BCUT2D eigenvalue weighted by Gasteiger charge is 2.16. The zero-order chi connectivity index (χ0) is 10.5. The van der Waals surface area contributed by atoms with E-state index >= 15 is 0 Å². The Labute approximate surface area is 89.4 Å². The molecule has 3 heteroatoms. The van der Waals surface area contributed by atoms with Gasteiger partial charge < -0.3 is 9.84 Å². The Morgan fingerprint density at radius 1 is 1.33 bits per heavy atom. The van der Waals surface area contributed by atoms with Crippen molar-refractivity contribution < 1.29 is 9.84 Å². The van der Waals surface area contributed by atoms with Gasteiger partial charge in [0.25, 0.3) is 0 Å². The summed E-state index contributed by atoms with van der Waals surface area (Å²) in [6.45, 7) is 0.840. The Kier molecular flexibility index (Phi) is 3.35. The lowest BCUT2D eigenvalue weighted by Gasteiger charge is -2.14. The standard InChI is InChI=1S/C12H15NO2/c14-9-11-7-4-8-13-12(15-11)10-5-2-1-3-6-10/h1-3,5-6,11,14H,4,7-9H2. The van der Waals surface area contributed by atoms with Crippen LogP contribution in [0.15, 0.2) is 35.3 Å². The highest BCUT2D eigenvalue weighted by atomic mass is 16.5. The van der Waals surface area contributed by atoms with Crippen LogP contribution in [0.1, 0.15) is 18.4 Å². The first-order valence-corrected chi connectivity index (χ1v) is 5.27. The first kappa shape index (κ1) is 10.2. The van der Waals surface area contributed by atoms with Gasteiger partial charge in [0.2, 0.25) is 5.90 Å². The molecule has 0 aromatic heterocycles. The van der Waals surface area contributed by atoms with E-state index in [9.17, 15) is 0 Å². The molecule has 1 N–H and O–H groups in total. The Morgan fingerprint density at radius 3 is 2.87 bits per heavy atom. The molecule has 0 fully saturated rings. The lowest BCUT2D eigenvalue weighted by atomic mass is 10.2. The number of benzene rings is 1. The van der Waals surface area contributed by atoms with Crippen molar-refractivity contribution in [3.05, 3.63) is 35.9 Å². The first-order chi connectivity index (χ1) is 7.40. The summed E-state index contributed by atoms with van der Waals surface area (Å²) < 4.78 is 5.65. The van der Waals surface area contributed by atoms with Gasteiger partial charge in [-0.3, -0.25) is 4.99 Å². The summed E-state index contributed by atoms with van der Waals surface area (Å²) in [4.78, 5) is 4.37. The molecule has 0 bridgehead atoms. The molecular formula is C12H15NO2. The predicted octanol–water partition coefficient (Wildman–Crippen LogP) is 1.60. The fraction of sp³-hybridized carbons (Fsp3) is 0.417. The molecule has 1 aromatic rings. The van der Waals surface area contributed by atoms with Crippen molar-refractivity contribution in [1.29, 1.82) is 0 Å². The second-order valence-corrected chi connectivity index (χ2v) is 3.62. The Balaban J connectivity index is 2.17. The van der Waals surface area contributed by atoms with Crippen molar-refractivity contribution in [1.82, 2.24) is 0 Å². The van der Waals surface area contributed by atoms with Crippen LogP contribution in [0.5, 0.6) is 0 Å². The Hall–Kier alpha value is -1.35. The van der Waals surface area contributed by atoms with Gasteiger partial charge in [0, 0.05) is 12.1 Å². The van der Waals surface area contributed by atoms with Gasteiger partial charge in [-0.15, -0.1) is 0 Å². The number of aliphatic imine (C=N–C) groups is 1. The molecule has 15 heavy (non-hydrogen) atoms. The van der Waals surface area contributed by atoms with Gasteiger partial charge in [-0.1, -0.05) is 18.2 Å². The maximum atomic E-state index is 9.10. The van der Waals surface area contributed by atoms with E-state index in [1.165, 1.54) is 0 Å². The quantitative estimate of drug-likeness (QED) is 0.796. The van der Waals surface area contributed by atoms with Gasteiger partial charge in [0.15, 0.2) is 0 Å². The average molecular weight is 205 g/mol. The third-order valence-corrected chi connectivity index (χ3v) is 2.44. The number of hydrogen-bond donors (Lipinski definition) is 1. The van der Waals surface area contributed by atoms with Crippen LogP contribution in [-0.4, -0.2) is 30.3 Å². The Bertz CT molecular complexity index is 335. The topological polar surface area (TPSA) is 41.8 Å². The van der Waals surface area contributed by atoms with Crippen LogP contribution in [0, 0.1) is 0 Å². The van der Waals surface area contributed by atoms with Gasteiger partial charge >= 0.3 is 0 Å². The molecule has 0 saturated heterocycles. The van der Waals surface area contributed by atoms with E-state index in [2.05, 4.69) is 4.99 Å². The summed E-state index contributed by atoms with van der Waals surface area (Å²) in [5, 5.41) is 9.10. The number of nitrogens with zero attached hydrogens (tertiary/aromatic N) is 1. The monoisotopic (exact) mass is 205 g/mol. The van der Waals surface area contributed by atoms with Gasteiger partial charge in [-0.25, -0.2) is 0 Å². The maximum absolute atomic E-state index is 9.10. The van der Waals surface area contributed by atoms with Gasteiger partial charge in [0.05, 0.1) is 6.61 Å². The highest BCUT2D eigenvalue weighted by Crippen LogP contribution is 2.12. The number of ether oxygens (including phenoxy) is 1. The summed E-state index contributed by atoms with van der Waals surface area (Å²) in [7, 11) is 0. The lowest BCUT2D eigenvalue weighted by molar-refractivity contribution is 0.102. The summed E-state index contributed by atoms with van der Waals surface area (Å²) in [5.41, 5.74) is 0.984. The molecule has 1 unspecified atom stereocenters. The molecular weight excluding hydrogens is 190 g/mol. The van der Waals surface area contributed by atoms with Gasteiger partial charge in [0.1, 0.15) is 6.10 Å². The SMILES string of the molecule is OCC1CCCN=C(c2ccccc2)O1. The minimum Gasteiger partial charge on any atom is -0.472 e. The molecule has 1 atom stereocenters. The van der Waals surface area contributed by atoms with Crippen LogP contribution >= 0.6 is 0 Å². The van der Waals surface area contributed by atoms with E-state index in [0.717, 1.165) is 24.9 Å². The predicted molar refractivity (Wildman–Crippen MR) is 59.0 cm³/mol. The number of rotatable bonds is 2. The van der Waals surface area contributed by atoms with Crippen molar-refractivity contribution in [3.63, 3.8) is 0 Å². The third-order valence-electron chi connectivity index (χ3n) is 2.44. The van der Waals surface area contributed by atoms with Crippen molar-refractivity contribution >= 4 is 5.90 Å². The van der Waals surface area contributed by atoms with E-state index in [4.69, 9.17) is 9.84 Å². The lowest BCUT2D eigenvalue weighted by Crippen LogP contribution is -2.20. The second-order valence-electron chi connectivity index (χ2n) is 3.62. The van der Waals surface area contributed by atoms with Gasteiger partial charge in [-0.05, 0) is 25.0 Å². The summed E-state index contributed by atoms with van der Waals surface area (Å²) in [6.07, 6.45) is 1.74. The summed E-state index contributed by atoms with van der Waals surface area (Å²) >= 11 is 0. The summed E-state index contributed by atoms with van der Waals surface area (Å²) in [5.74, 6) is 0.659. The number of aliphatic hydroxyl groups is 1. The molecule has 1 aromatic carbocycles. The highest BCUT2D eigenvalue weighted by molar-refractivity contribution is 5.94. The van der Waals surface area contributed by atoms with E-state index < -0.39 is 0 Å². The van der Waals surface area contributed by atoms with Crippen molar-refractivity contribution in [3.8, 4) is 0 Å². The molecule has 1 aliphatic rings. The molecule has 0 spiro atoms. The molecule has 3 nitrogen and oxygen atoms in total. The molecule has 0 radical (unpaired) electrons. The smallest absolute Gasteiger partial charge is 0.216 e. The van der Waals surface area contributed by atoms with E-state index in [1.807, 2.05) is 30.3 Å². The van der Waals surface area contributed by atoms with Crippen LogP contribution < -0.4 is 0 Å². The van der Waals surface area contributed by atoms with E-state index in [-0.39, 0.29) is 12.7 Å². The third kappa shape index (κ3) is 2.57. The minimum atomic E-state index is -0.105. The van der Waals surface area contributed by atoms with E-state index in [0.29, 0.717) is 5.90 Å². The molecule has 2 rings (SSSR count). The fourth-order valence-electron chi connectivity index (χ4n) is 1.62. The van der Waals surface area contributed by atoms with Crippen molar-refractivity contribution in [2.45, 2.75) is 18.9 Å². The first-order valence-electron chi connectivity index (χ1n) is 5.27. The zero-order valence-corrected chi connectivity index (χ0v) is 8.60. The average Bonchev–Trinajstić information content (AvgIpc) is 2.55. The molecule has 0 amide bonds. The fourth-order valence-corrected chi connectivity index (χ4v) is 1.62. The van der Waals surface area contributed by atoms with Crippen LogP contribution in [0.3, 0.4) is 0 Å². The maximum Gasteiger partial charge on any atom is 0.216 e. The molecule has 80 valence electrons. The molecule has 0 saturated carbocycles. The molecule has 0 aliphatic carbocycles. The zero-order valence-electron chi connectivity index (χ0n) is 8.60. The van der Waals surface area contributed by atoms with Crippen LogP contribution in [0.25, 0.3) is 0 Å². The van der Waals surface area contributed by atoms with E-state index in [1.54, 1.807) is 0 Å². The van der Waals surface area contributed by atoms with Crippen molar-refractivity contribution in [2.75, 3.05) is 13.2 Å². The Morgan fingerprint density at radius 2 is 2.13 bits per heavy atom. The minimum absolute atomic E-state index is 0.0614. The summed E-state index contributed by atoms with van der Waals surface area (Å²) in [6, 6.07) is 9.82. The van der Waals surface area contributed by atoms with Crippen LogP contribution in [0.2, 0.25) is 0 Å². The molecule has 1 heterocycles.